The number of amides is 2. The summed E-state index contributed by atoms with van der Waals surface area (Å²) in [6.45, 7) is 3.68. The molecular formula is C29H23ClFN3O3S. The first-order valence-corrected chi connectivity index (χ1v) is 13.1. The Morgan fingerprint density at radius 2 is 1.95 bits per heavy atom. The second kappa shape index (κ2) is 10.1. The molecule has 0 aliphatic heterocycles. The Morgan fingerprint density at radius 1 is 1.16 bits per heavy atom. The number of aromatic nitrogens is 1. The molecule has 1 fully saturated rings. The molecule has 6 nitrogen and oxygen atoms in total. The van der Waals surface area contributed by atoms with E-state index in [9.17, 15) is 14.0 Å². The maximum Gasteiger partial charge on any atom is 0.257 e. The fourth-order valence-corrected chi connectivity index (χ4v) is 5.17. The van der Waals surface area contributed by atoms with Crippen LogP contribution < -0.4 is 15.4 Å². The predicted octanol–water partition coefficient (Wildman–Crippen LogP) is 7.39. The zero-order valence-corrected chi connectivity index (χ0v) is 22.2. The number of fused-ring (bicyclic) bond motifs is 1. The van der Waals surface area contributed by atoms with Crippen molar-refractivity contribution in [1.82, 2.24) is 4.98 Å². The van der Waals surface area contributed by atoms with E-state index < -0.39 is 17.1 Å². The molecule has 38 heavy (non-hydrogen) atoms. The number of terminal acetylenes is 1. The van der Waals surface area contributed by atoms with Gasteiger partial charge in [-0.15, -0.1) is 6.42 Å². The highest BCUT2D eigenvalue weighted by Gasteiger charge is 2.30. The lowest BCUT2D eigenvalue weighted by atomic mass is 9.84. The summed E-state index contributed by atoms with van der Waals surface area (Å²) in [5.74, 6) is 2.00. The van der Waals surface area contributed by atoms with Gasteiger partial charge in [0.05, 0.1) is 26.2 Å². The Labute approximate surface area is 228 Å². The van der Waals surface area contributed by atoms with Crippen molar-refractivity contribution in [2.24, 2.45) is 5.92 Å². The number of hydrogen-bond acceptors (Lipinski definition) is 5. The molecule has 0 bridgehead atoms. The molecule has 0 saturated heterocycles. The maximum atomic E-state index is 14.6. The minimum absolute atomic E-state index is 0.0192. The van der Waals surface area contributed by atoms with Crippen LogP contribution >= 0.6 is 22.9 Å². The van der Waals surface area contributed by atoms with Gasteiger partial charge in [0.25, 0.3) is 5.91 Å². The van der Waals surface area contributed by atoms with Crippen molar-refractivity contribution in [1.29, 1.82) is 0 Å². The average molecular weight is 548 g/mol. The minimum atomic E-state index is -0.660. The van der Waals surface area contributed by atoms with E-state index in [2.05, 4.69) is 21.5 Å². The van der Waals surface area contributed by atoms with E-state index >= 15 is 0 Å². The number of thiazole rings is 1. The van der Waals surface area contributed by atoms with Crippen LogP contribution in [0.4, 0.5) is 15.2 Å². The molecular weight excluding hydrogens is 525 g/mol. The van der Waals surface area contributed by atoms with Gasteiger partial charge in [-0.3, -0.25) is 9.59 Å². The van der Waals surface area contributed by atoms with Crippen molar-refractivity contribution in [2.75, 3.05) is 10.6 Å². The lowest BCUT2D eigenvalue weighted by molar-refractivity contribution is -0.117. The van der Waals surface area contributed by atoms with Gasteiger partial charge in [-0.1, -0.05) is 41.0 Å². The summed E-state index contributed by atoms with van der Waals surface area (Å²) >= 11 is 7.84. The number of carbonyl (C=O) groups is 2. The summed E-state index contributed by atoms with van der Waals surface area (Å²) in [4.78, 5) is 29.5. The van der Waals surface area contributed by atoms with Crippen molar-refractivity contribution in [2.45, 2.75) is 32.1 Å². The van der Waals surface area contributed by atoms with Crippen LogP contribution in [0.25, 0.3) is 10.2 Å². The minimum Gasteiger partial charge on any atom is -0.454 e. The van der Waals surface area contributed by atoms with Gasteiger partial charge in [0.2, 0.25) is 5.91 Å². The zero-order valence-electron chi connectivity index (χ0n) is 20.6. The number of halogens is 2. The number of nitrogens with one attached hydrogen (secondary N) is 2. The van der Waals surface area contributed by atoms with Crippen LogP contribution in [-0.4, -0.2) is 16.8 Å². The highest BCUT2D eigenvalue weighted by Crippen LogP contribution is 2.36. The van der Waals surface area contributed by atoms with Gasteiger partial charge in [0, 0.05) is 23.7 Å². The lowest BCUT2D eigenvalue weighted by Crippen LogP contribution is -2.18. The van der Waals surface area contributed by atoms with Crippen LogP contribution in [0.3, 0.4) is 0 Å². The number of rotatable bonds is 7. The van der Waals surface area contributed by atoms with E-state index in [4.69, 9.17) is 22.8 Å². The molecule has 0 unspecified atom stereocenters. The molecule has 3 aromatic carbocycles. The molecule has 2 N–H and O–H groups in total. The second-order valence-corrected chi connectivity index (χ2v) is 11.0. The van der Waals surface area contributed by atoms with Crippen LogP contribution in [0.1, 0.15) is 42.6 Å². The van der Waals surface area contributed by atoms with Crippen molar-refractivity contribution in [3.63, 3.8) is 0 Å². The lowest BCUT2D eigenvalue weighted by Gasteiger charge is -2.21. The zero-order chi connectivity index (χ0) is 27.0. The number of nitrogens with zero attached hydrogens (tertiary/aromatic N) is 1. The molecule has 0 atom stereocenters. The summed E-state index contributed by atoms with van der Waals surface area (Å²) in [5.41, 5.74) is 1.27. The van der Waals surface area contributed by atoms with Crippen LogP contribution in [0.15, 0.2) is 54.6 Å². The Bertz CT molecular complexity index is 1620. The summed E-state index contributed by atoms with van der Waals surface area (Å²) in [7, 11) is 0. The molecule has 0 spiro atoms. The van der Waals surface area contributed by atoms with Gasteiger partial charge in [-0.2, -0.15) is 0 Å². The fourth-order valence-electron chi connectivity index (χ4n) is 3.83. The Balaban J connectivity index is 1.34. The topological polar surface area (TPSA) is 80.3 Å². The summed E-state index contributed by atoms with van der Waals surface area (Å²) < 4.78 is 21.2. The van der Waals surface area contributed by atoms with Gasteiger partial charge in [-0.25, -0.2) is 9.37 Å². The van der Waals surface area contributed by atoms with E-state index in [1.807, 2.05) is 13.8 Å². The molecule has 2 amide bonds. The van der Waals surface area contributed by atoms with Crippen LogP contribution in [-0.2, 0) is 10.2 Å². The third-order valence-corrected chi connectivity index (χ3v) is 7.57. The summed E-state index contributed by atoms with van der Waals surface area (Å²) in [6, 6.07) is 14.3. The van der Waals surface area contributed by atoms with E-state index in [1.54, 1.807) is 36.4 Å². The fraction of sp³-hybridized carbons (Fsp3) is 0.207. The Morgan fingerprint density at radius 3 is 2.68 bits per heavy atom. The molecule has 1 aromatic heterocycles. The number of hydrogen-bond donors (Lipinski definition) is 2. The first kappa shape index (κ1) is 25.7. The number of ether oxygens (including phenoxy) is 1. The molecule has 1 aliphatic rings. The van der Waals surface area contributed by atoms with E-state index in [1.165, 1.54) is 29.5 Å². The quantitative estimate of drug-likeness (QED) is 0.236. The summed E-state index contributed by atoms with van der Waals surface area (Å²) in [5, 5.41) is 6.36. The first-order valence-electron chi connectivity index (χ1n) is 11.9. The normalized spacial score (nSPS) is 13.1. The van der Waals surface area contributed by atoms with Gasteiger partial charge < -0.3 is 15.4 Å². The number of benzene rings is 3. The van der Waals surface area contributed by atoms with E-state index in [0.717, 1.165) is 17.5 Å². The Kier molecular flexibility index (Phi) is 6.82. The predicted molar refractivity (Wildman–Crippen MR) is 149 cm³/mol. The van der Waals surface area contributed by atoms with Crippen LogP contribution in [0.5, 0.6) is 11.5 Å². The van der Waals surface area contributed by atoms with Crippen LogP contribution in [0, 0.1) is 24.1 Å². The largest absolute Gasteiger partial charge is 0.454 e. The molecule has 9 heteroatoms. The first-order chi connectivity index (χ1) is 18.1. The molecule has 1 saturated carbocycles. The number of carbonyl (C=O) groups excluding carboxylic acids is 2. The van der Waals surface area contributed by atoms with Crippen molar-refractivity contribution in [3.8, 4) is 23.8 Å². The van der Waals surface area contributed by atoms with Gasteiger partial charge >= 0.3 is 0 Å². The molecule has 4 aromatic rings. The summed E-state index contributed by atoms with van der Waals surface area (Å²) in [6.07, 6.45) is 7.45. The second-order valence-electron chi connectivity index (χ2n) is 9.55. The smallest absolute Gasteiger partial charge is 0.257 e. The van der Waals surface area contributed by atoms with Crippen molar-refractivity contribution < 1.29 is 18.7 Å². The van der Waals surface area contributed by atoms with Crippen LogP contribution in [0.2, 0.25) is 5.02 Å². The monoisotopic (exact) mass is 547 g/mol. The molecule has 0 radical (unpaired) electrons. The third kappa shape index (κ3) is 5.35. The van der Waals surface area contributed by atoms with Gasteiger partial charge in [0.1, 0.15) is 5.75 Å². The highest BCUT2D eigenvalue weighted by molar-refractivity contribution is 7.22. The Hall–Kier alpha value is -3.93. The highest BCUT2D eigenvalue weighted by atomic mass is 35.5. The van der Waals surface area contributed by atoms with Gasteiger partial charge in [0.15, 0.2) is 16.7 Å². The van der Waals surface area contributed by atoms with Crippen molar-refractivity contribution >= 4 is 55.8 Å². The molecule has 192 valence electrons. The maximum absolute atomic E-state index is 14.6. The van der Waals surface area contributed by atoms with Gasteiger partial charge in [-0.05, 0) is 62.6 Å². The van der Waals surface area contributed by atoms with E-state index in [0.29, 0.717) is 27.6 Å². The molecule has 1 aliphatic carbocycles. The molecule has 5 rings (SSSR count). The average Bonchev–Trinajstić information content (AvgIpc) is 3.66. The molecule has 1 heterocycles. The SMILES string of the molecule is C#CC(C)(C)c1cccc(C(=O)Nc2ccc(F)c(Oc3ccc4nc(NC(=O)C5CC5)sc4c3)c2)c1Cl. The van der Waals surface area contributed by atoms with Crippen molar-refractivity contribution in [3.05, 3.63) is 76.6 Å². The standard InChI is InChI=1S/C29H23ClFN3O3S/c1-4-29(2,3)20-7-5-6-19(25(20)30)27(36)32-17-10-12-21(31)23(14-17)37-18-11-13-22-24(15-18)38-28(33-22)34-26(35)16-8-9-16/h1,5-7,10-16H,8-9H2,2-3H3,(H,32,36)(H,33,34,35). The number of anilines is 2. The van der Waals surface area contributed by atoms with E-state index in [-0.39, 0.29) is 28.2 Å². The third-order valence-electron chi connectivity index (χ3n) is 6.23.